The van der Waals surface area contributed by atoms with Crippen LogP contribution in [0.4, 0.5) is 5.69 Å². The number of para-hydroxylation sites is 2. The number of benzene rings is 2. The fourth-order valence-electron chi connectivity index (χ4n) is 3.37. The molecule has 6 heteroatoms. The largest absolute Gasteiger partial charge is 0.497 e. The van der Waals surface area contributed by atoms with Crippen molar-refractivity contribution in [1.82, 2.24) is 4.90 Å². The second-order valence-corrected chi connectivity index (χ2v) is 6.72. The van der Waals surface area contributed by atoms with E-state index in [2.05, 4.69) is 5.32 Å². The molecule has 0 atom stereocenters. The first-order valence-electron chi connectivity index (χ1n) is 9.58. The molecule has 148 valence electrons. The number of hydrogen-bond donors (Lipinski definition) is 1. The van der Waals surface area contributed by atoms with Gasteiger partial charge in [0.2, 0.25) is 5.91 Å². The summed E-state index contributed by atoms with van der Waals surface area (Å²) in [6.45, 7) is 3.56. The number of piperidine rings is 1. The first kappa shape index (κ1) is 19.7. The maximum atomic E-state index is 12.7. The van der Waals surface area contributed by atoms with Crippen LogP contribution in [0, 0.1) is 5.92 Å². The molecule has 1 aliphatic rings. The van der Waals surface area contributed by atoms with Crippen molar-refractivity contribution in [2.75, 3.05) is 32.1 Å². The van der Waals surface area contributed by atoms with Crippen LogP contribution in [0.1, 0.15) is 30.1 Å². The van der Waals surface area contributed by atoms with Gasteiger partial charge in [0, 0.05) is 24.6 Å². The Balaban J connectivity index is 1.57. The number of nitrogens with zero attached hydrogens (tertiary/aromatic N) is 1. The Kier molecular flexibility index (Phi) is 6.53. The van der Waals surface area contributed by atoms with E-state index in [0.717, 1.165) is 0 Å². The van der Waals surface area contributed by atoms with E-state index >= 15 is 0 Å². The molecule has 1 saturated heterocycles. The van der Waals surface area contributed by atoms with E-state index in [1.165, 1.54) is 0 Å². The van der Waals surface area contributed by atoms with Gasteiger partial charge in [0.25, 0.3) is 5.91 Å². The Labute approximate surface area is 165 Å². The van der Waals surface area contributed by atoms with Crippen molar-refractivity contribution in [2.45, 2.75) is 19.8 Å². The Hall–Kier alpha value is -3.02. The summed E-state index contributed by atoms with van der Waals surface area (Å²) in [7, 11) is 1.58. The molecule has 1 aliphatic heterocycles. The number of methoxy groups -OCH3 is 1. The lowest BCUT2D eigenvalue weighted by Gasteiger charge is -2.31. The minimum absolute atomic E-state index is 0.0272. The van der Waals surface area contributed by atoms with Crippen LogP contribution in [0.5, 0.6) is 11.5 Å². The quantitative estimate of drug-likeness (QED) is 0.829. The zero-order valence-electron chi connectivity index (χ0n) is 16.3. The average molecular weight is 382 g/mol. The molecule has 0 saturated carbocycles. The summed E-state index contributed by atoms with van der Waals surface area (Å²) in [4.78, 5) is 27.2. The van der Waals surface area contributed by atoms with Gasteiger partial charge in [0.05, 0.1) is 19.4 Å². The van der Waals surface area contributed by atoms with E-state index in [4.69, 9.17) is 9.47 Å². The van der Waals surface area contributed by atoms with Crippen LogP contribution in [0.25, 0.3) is 0 Å². The lowest BCUT2D eigenvalue weighted by atomic mass is 9.95. The Bertz CT molecular complexity index is 829. The summed E-state index contributed by atoms with van der Waals surface area (Å²) in [6, 6.07) is 14.6. The molecule has 0 aliphatic carbocycles. The minimum atomic E-state index is -0.121. The number of anilines is 1. The molecule has 2 aromatic rings. The molecule has 0 unspecified atom stereocenters. The fourth-order valence-corrected chi connectivity index (χ4v) is 3.37. The number of carbonyl (C=O) groups is 2. The highest BCUT2D eigenvalue weighted by atomic mass is 16.5. The van der Waals surface area contributed by atoms with Gasteiger partial charge >= 0.3 is 0 Å². The Morgan fingerprint density at radius 2 is 1.86 bits per heavy atom. The van der Waals surface area contributed by atoms with Crippen LogP contribution in [0.15, 0.2) is 48.5 Å². The summed E-state index contributed by atoms with van der Waals surface area (Å²) in [5.41, 5.74) is 1.29. The first-order valence-corrected chi connectivity index (χ1v) is 9.58. The lowest BCUT2D eigenvalue weighted by Crippen LogP contribution is -2.41. The smallest absolute Gasteiger partial charge is 0.253 e. The number of amides is 2. The third-order valence-corrected chi connectivity index (χ3v) is 4.91. The summed E-state index contributed by atoms with van der Waals surface area (Å²) in [6.07, 6.45) is 1.27. The van der Waals surface area contributed by atoms with Gasteiger partial charge in [-0.3, -0.25) is 9.59 Å². The molecule has 0 bridgehead atoms. The average Bonchev–Trinajstić information content (AvgIpc) is 2.75. The van der Waals surface area contributed by atoms with Crippen molar-refractivity contribution >= 4 is 17.5 Å². The topological polar surface area (TPSA) is 67.9 Å². The molecular weight excluding hydrogens is 356 g/mol. The van der Waals surface area contributed by atoms with Crippen LogP contribution in [-0.4, -0.2) is 43.5 Å². The van der Waals surface area contributed by atoms with Crippen molar-refractivity contribution < 1.29 is 19.1 Å². The van der Waals surface area contributed by atoms with Gasteiger partial charge in [-0.15, -0.1) is 0 Å². The summed E-state index contributed by atoms with van der Waals surface area (Å²) in [5.74, 6) is 1.15. The van der Waals surface area contributed by atoms with Crippen LogP contribution in [-0.2, 0) is 4.79 Å². The molecule has 28 heavy (non-hydrogen) atoms. The fraction of sp³-hybridized carbons (Fsp3) is 0.364. The molecule has 6 nitrogen and oxygen atoms in total. The van der Waals surface area contributed by atoms with E-state index < -0.39 is 0 Å². The lowest BCUT2D eigenvalue weighted by molar-refractivity contribution is -0.121. The van der Waals surface area contributed by atoms with Gasteiger partial charge in [0.15, 0.2) is 0 Å². The van der Waals surface area contributed by atoms with Crippen LogP contribution in [0.2, 0.25) is 0 Å². The van der Waals surface area contributed by atoms with Gasteiger partial charge < -0.3 is 19.7 Å². The second-order valence-electron chi connectivity index (χ2n) is 6.72. The minimum Gasteiger partial charge on any atom is -0.497 e. The summed E-state index contributed by atoms with van der Waals surface area (Å²) < 4.78 is 10.8. The highest BCUT2D eigenvalue weighted by Crippen LogP contribution is 2.26. The Morgan fingerprint density at radius 1 is 1.11 bits per heavy atom. The van der Waals surface area contributed by atoms with E-state index in [-0.39, 0.29) is 17.7 Å². The monoisotopic (exact) mass is 382 g/mol. The molecule has 1 N–H and O–H groups in total. The molecule has 0 aromatic heterocycles. The first-order chi connectivity index (χ1) is 13.6. The second kappa shape index (κ2) is 9.26. The SMILES string of the molecule is CCOc1ccccc1NC(=O)C1CCN(C(=O)c2cccc(OC)c2)CC1. The highest BCUT2D eigenvalue weighted by Gasteiger charge is 2.28. The zero-order valence-corrected chi connectivity index (χ0v) is 16.3. The predicted octanol–water partition coefficient (Wildman–Crippen LogP) is 3.58. The highest BCUT2D eigenvalue weighted by molar-refractivity contribution is 5.96. The van der Waals surface area contributed by atoms with Gasteiger partial charge in [-0.05, 0) is 50.1 Å². The van der Waals surface area contributed by atoms with Crippen molar-refractivity contribution in [3.63, 3.8) is 0 Å². The molecule has 3 rings (SSSR count). The molecule has 0 spiro atoms. The Morgan fingerprint density at radius 3 is 2.57 bits per heavy atom. The number of likely N-dealkylation sites (tertiary alicyclic amines) is 1. The van der Waals surface area contributed by atoms with Crippen LogP contribution < -0.4 is 14.8 Å². The molecule has 2 amide bonds. The van der Waals surface area contributed by atoms with Crippen molar-refractivity contribution in [1.29, 1.82) is 0 Å². The third-order valence-electron chi connectivity index (χ3n) is 4.91. The number of nitrogens with one attached hydrogen (secondary N) is 1. The predicted molar refractivity (Wildman–Crippen MR) is 108 cm³/mol. The third kappa shape index (κ3) is 4.63. The van der Waals surface area contributed by atoms with Crippen molar-refractivity contribution in [3.05, 3.63) is 54.1 Å². The normalized spacial score (nSPS) is 14.4. The van der Waals surface area contributed by atoms with E-state index in [9.17, 15) is 9.59 Å². The van der Waals surface area contributed by atoms with E-state index in [1.54, 1.807) is 24.1 Å². The zero-order chi connectivity index (χ0) is 19.9. The summed E-state index contributed by atoms with van der Waals surface area (Å²) in [5, 5.41) is 2.97. The molecule has 1 heterocycles. The number of carbonyl (C=O) groups excluding carboxylic acids is 2. The number of rotatable bonds is 6. The maximum absolute atomic E-state index is 12.7. The van der Waals surface area contributed by atoms with Crippen LogP contribution in [0.3, 0.4) is 0 Å². The van der Waals surface area contributed by atoms with Gasteiger partial charge in [-0.25, -0.2) is 0 Å². The van der Waals surface area contributed by atoms with Gasteiger partial charge in [-0.1, -0.05) is 18.2 Å². The molecule has 2 aromatic carbocycles. The van der Waals surface area contributed by atoms with Crippen LogP contribution >= 0.6 is 0 Å². The maximum Gasteiger partial charge on any atom is 0.253 e. The molecule has 0 radical (unpaired) electrons. The molecular formula is C22H26N2O4. The van der Waals surface area contributed by atoms with Gasteiger partial charge in [0.1, 0.15) is 11.5 Å². The number of ether oxygens (including phenoxy) is 2. The summed E-state index contributed by atoms with van der Waals surface area (Å²) >= 11 is 0. The van der Waals surface area contributed by atoms with Crippen molar-refractivity contribution in [3.8, 4) is 11.5 Å². The number of hydrogen-bond acceptors (Lipinski definition) is 4. The van der Waals surface area contributed by atoms with E-state index in [1.807, 2.05) is 43.3 Å². The van der Waals surface area contributed by atoms with Gasteiger partial charge in [-0.2, -0.15) is 0 Å². The standard InChI is InChI=1S/C22H26N2O4/c1-3-28-20-10-5-4-9-19(20)23-21(25)16-11-13-24(14-12-16)22(26)17-7-6-8-18(15-17)27-2/h4-10,15-16H,3,11-14H2,1-2H3,(H,23,25). The van der Waals surface area contributed by atoms with E-state index in [0.29, 0.717) is 55.3 Å². The molecule has 1 fully saturated rings. The van der Waals surface area contributed by atoms with Crippen molar-refractivity contribution in [2.24, 2.45) is 5.92 Å².